The van der Waals surface area contributed by atoms with Crippen LogP contribution >= 0.6 is 0 Å². The van der Waals surface area contributed by atoms with Gasteiger partial charge in [-0.25, -0.2) is 4.98 Å². The molecule has 0 atom stereocenters. The number of oxazole rings is 1. The van der Waals surface area contributed by atoms with Gasteiger partial charge < -0.3 is 9.21 Å². The fourth-order valence-electron chi connectivity index (χ4n) is 1.38. The van der Waals surface area contributed by atoms with Gasteiger partial charge in [-0.05, 0) is 5.56 Å². The molecule has 2 rings (SSSR count). The summed E-state index contributed by atoms with van der Waals surface area (Å²) < 4.78 is 5.39. The number of hydrogen-bond donors (Lipinski definition) is 0. The van der Waals surface area contributed by atoms with Crippen molar-refractivity contribution < 1.29 is 9.21 Å². The highest BCUT2D eigenvalue weighted by Crippen LogP contribution is 2.09. The maximum atomic E-state index is 10.3. The first-order chi connectivity index (χ1) is 7.38. The van der Waals surface area contributed by atoms with Gasteiger partial charge in [0.2, 0.25) is 0 Å². The number of nitrogens with zero attached hydrogens (tertiary/aromatic N) is 1. The molecule has 3 heteroatoms. The van der Waals surface area contributed by atoms with Crippen LogP contribution in [0.1, 0.15) is 17.2 Å². The summed E-state index contributed by atoms with van der Waals surface area (Å²) in [5.74, 6) is 1.27. The van der Waals surface area contributed by atoms with Crippen LogP contribution in [0.3, 0.4) is 0 Å². The van der Waals surface area contributed by atoms with Gasteiger partial charge in [-0.15, -0.1) is 0 Å². The van der Waals surface area contributed by atoms with Crippen molar-refractivity contribution in [2.45, 2.75) is 12.8 Å². The molecule has 0 radical (unpaired) electrons. The van der Waals surface area contributed by atoms with Crippen LogP contribution < -0.4 is 0 Å². The minimum absolute atomic E-state index is 0.293. The number of benzene rings is 1. The summed E-state index contributed by atoms with van der Waals surface area (Å²) in [6.07, 6.45) is 3.38. The van der Waals surface area contributed by atoms with E-state index in [-0.39, 0.29) is 0 Å². The molecule has 15 heavy (non-hydrogen) atoms. The number of aldehydes is 1. The molecule has 0 saturated carbocycles. The van der Waals surface area contributed by atoms with E-state index in [0.717, 1.165) is 11.8 Å². The molecule has 0 N–H and O–H groups in total. The molecule has 0 amide bonds. The molecule has 76 valence electrons. The smallest absolute Gasteiger partial charge is 0.198 e. The summed E-state index contributed by atoms with van der Waals surface area (Å²) in [6.45, 7) is 0. The van der Waals surface area contributed by atoms with Gasteiger partial charge in [-0.3, -0.25) is 0 Å². The lowest BCUT2D eigenvalue weighted by Gasteiger charge is -1.95. The minimum atomic E-state index is 0.293. The van der Waals surface area contributed by atoms with Gasteiger partial charge >= 0.3 is 0 Å². The third-order valence-electron chi connectivity index (χ3n) is 2.08. The minimum Gasteiger partial charge on any atom is -0.445 e. The lowest BCUT2D eigenvalue weighted by Crippen LogP contribution is -1.86. The maximum absolute atomic E-state index is 10.3. The van der Waals surface area contributed by atoms with E-state index in [1.165, 1.54) is 0 Å². The number of hydrogen-bond acceptors (Lipinski definition) is 3. The molecule has 0 bridgehead atoms. The van der Waals surface area contributed by atoms with Crippen molar-refractivity contribution in [3.8, 4) is 0 Å². The van der Waals surface area contributed by atoms with Crippen LogP contribution in [-0.2, 0) is 17.6 Å². The van der Waals surface area contributed by atoms with Gasteiger partial charge in [0.25, 0.3) is 0 Å². The zero-order chi connectivity index (χ0) is 10.5. The summed E-state index contributed by atoms with van der Waals surface area (Å²) in [7, 11) is 0. The summed E-state index contributed by atoms with van der Waals surface area (Å²) in [5.41, 5.74) is 1.15. The molecular formula is C12H11NO2. The van der Waals surface area contributed by atoms with Crippen molar-refractivity contribution in [2.75, 3.05) is 0 Å². The predicted octanol–water partition coefficient (Wildman–Crippen LogP) is 2.01. The summed E-state index contributed by atoms with van der Waals surface area (Å²) in [5, 5.41) is 0. The molecule has 0 saturated heterocycles. The zero-order valence-electron chi connectivity index (χ0n) is 8.22. The third kappa shape index (κ3) is 2.53. The third-order valence-corrected chi connectivity index (χ3v) is 2.08. The van der Waals surface area contributed by atoms with E-state index < -0.39 is 0 Å². The van der Waals surface area contributed by atoms with Crippen molar-refractivity contribution in [3.05, 3.63) is 53.7 Å². The SMILES string of the molecule is O=CCc1cnc(Cc2ccccc2)o1. The van der Waals surface area contributed by atoms with Gasteiger partial charge in [-0.2, -0.15) is 0 Å². The highest BCUT2D eigenvalue weighted by molar-refractivity contribution is 5.52. The maximum Gasteiger partial charge on any atom is 0.198 e. The number of carbonyl (C=O) groups is 1. The average Bonchev–Trinajstić information content (AvgIpc) is 2.68. The van der Waals surface area contributed by atoms with E-state index in [0.29, 0.717) is 24.5 Å². The van der Waals surface area contributed by atoms with Crippen molar-refractivity contribution in [3.63, 3.8) is 0 Å². The second kappa shape index (κ2) is 4.55. The Bertz CT molecular complexity index is 434. The van der Waals surface area contributed by atoms with Gasteiger partial charge in [0.15, 0.2) is 5.89 Å². The molecule has 0 aliphatic heterocycles. The van der Waals surface area contributed by atoms with Gasteiger partial charge in [0.1, 0.15) is 12.0 Å². The highest BCUT2D eigenvalue weighted by atomic mass is 16.4. The molecule has 0 fully saturated rings. The largest absolute Gasteiger partial charge is 0.445 e. The quantitative estimate of drug-likeness (QED) is 0.710. The molecular weight excluding hydrogens is 190 g/mol. The Labute approximate surface area is 87.8 Å². The van der Waals surface area contributed by atoms with Gasteiger partial charge in [0.05, 0.1) is 12.6 Å². The Morgan fingerprint density at radius 3 is 2.80 bits per heavy atom. The topological polar surface area (TPSA) is 43.1 Å². The first kappa shape index (κ1) is 9.65. The Kier molecular flexibility index (Phi) is 2.93. The van der Waals surface area contributed by atoms with Gasteiger partial charge in [-0.1, -0.05) is 30.3 Å². The second-order valence-corrected chi connectivity index (χ2v) is 3.25. The van der Waals surface area contributed by atoms with Crippen LogP contribution in [0.4, 0.5) is 0 Å². The molecule has 0 unspecified atom stereocenters. The molecule has 1 aromatic heterocycles. The van der Waals surface area contributed by atoms with Crippen LogP contribution in [-0.4, -0.2) is 11.3 Å². The van der Waals surface area contributed by atoms with Crippen molar-refractivity contribution >= 4 is 6.29 Å². The number of aromatic nitrogens is 1. The van der Waals surface area contributed by atoms with E-state index in [2.05, 4.69) is 4.98 Å². The lowest BCUT2D eigenvalue weighted by atomic mass is 10.2. The standard InChI is InChI=1S/C12H11NO2/c14-7-6-11-9-13-12(15-11)8-10-4-2-1-3-5-10/h1-5,7,9H,6,8H2. The molecule has 0 aliphatic carbocycles. The fourth-order valence-corrected chi connectivity index (χ4v) is 1.38. The van der Waals surface area contributed by atoms with Crippen LogP contribution in [0, 0.1) is 0 Å². The lowest BCUT2D eigenvalue weighted by molar-refractivity contribution is -0.107. The van der Waals surface area contributed by atoms with Crippen LogP contribution in [0.5, 0.6) is 0 Å². The Morgan fingerprint density at radius 2 is 2.07 bits per heavy atom. The summed E-state index contributed by atoms with van der Waals surface area (Å²) in [4.78, 5) is 14.4. The van der Waals surface area contributed by atoms with E-state index in [9.17, 15) is 4.79 Å². The average molecular weight is 201 g/mol. The van der Waals surface area contributed by atoms with E-state index in [4.69, 9.17) is 4.42 Å². The van der Waals surface area contributed by atoms with E-state index in [1.807, 2.05) is 30.3 Å². The van der Waals surface area contributed by atoms with E-state index >= 15 is 0 Å². The Balaban J connectivity index is 2.08. The van der Waals surface area contributed by atoms with Crippen LogP contribution in [0.15, 0.2) is 40.9 Å². The first-order valence-electron chi connectivity index (χ1n) is 4.79. The summed E-state index contributed by atoms with van der Waals surface area (Å²) >= 11 is 0. The number of rotatable bonds is 4. The molecule has 1 aromatic carbocycles. The first-order valence-corrected chi connectivity index (χ1v) is 4.79. The fraction of sp³-hybridized carbons (Fsp3) is 0.167. The zero-order valence-corrected chi connectivity index (χ0v) is 8.22. The van der Waals surface area contributed by atoms with Crippen LogP contribution in [0.25, 0.3) is 0 Å². The molecule has 1 heterocycles. The Morgan fingerprint density at radius 1 is 1.27 bits per heavy atom. The molecule has 0 aliphatic rings. The van der Waals surface area contributed by atoms with Crippen molar-refractivity contribution in [1.82, 2.24) is 4.98 Å². The van der Waals surface area contributed by atoms with Crippen LogP contribution in [0.2, 0.25) is 0 Å². The normalized spacial score (nSPS) is 10.1. The van der Waals surface area contributed by atoms with E-state index in [1.54, 1.807) is 6.20 Å². The molecule has 3 nitrogen and oxygen atoms in total. The highest BCUT2D eigenvalue weighted by Gasteiger charge is 2.03. The monoisotopic (exact) mass is 201 g/mol. The molecule has 2 aromatic rings. The number of carbonyl (C=O) groups excluding carboxylic acids is 1. The van der Waals surface area contributed by atoms with Gasteiger partial charge in [0, 0.05) is 6.42 Å². The Hall–Kier alpha value is -1.90. The predicted molar refractivity (Wildman–Crippen MR) is 55.5 cm³/mol. The van der Waals surface area contributed by atoms with Crippen molar-refractivity contribution in [1.29, 1.82) is 0 Å². The molecule has 0 spiro atoms. The summed E-state index contributed by atoms with van der Waals surface area (Å²) in [6, 6.07) is 9.96. The second-order valence-electron chi connectivity index (χ2n) is 3.25. The van der Waals surface area contributed by atoms with Crippen molar-refractivity contribution in [2.24, 2.45) is 0 Å².